The average molecular weight is 772 g/mol. The van der Waals surface area contributed by atoms with E-state index in [1.54, 1.807) is 11.3 Å². The van der Waals surface area contributed by atoms with Gasteiger partial charge in [-0.2, -0.15) is 21.6 Å². The molecule has 54 heavy (non-hydrogen) atoms. The Labute approximate surface area is 313 Å². The number of hydrogen-bond acceptors (Lipinski definition) is 7. The van der Waals surface area contributed by atoms with Gasteiger partial charge in [0.05, 0.1) is 10.4 Å². The average Bonchev–Trinajstić information content (AvgIpc) is 3.86. The summed E-state index contributed by atoms with van der Waals surface area (Å²) in [6.07, 6.45) is 0. The van der Waals surface area contributed by atoms with Gasteiger partial charge in [0, 0.05) is 63.9 Å². The molecule has 0 atom stereocenters. The Balaban J connectivity index is 1.25. The van der Waals surface area contributed by atoms with Gasteiger partial charge >= 0.3 is 15.6 Å². The molecule has 0 aliphatic rings. The molecule has 0 N–H and O–H groups in total. The molecule has 0 aliphatic carbocycles. The molecule has 264 valence electrons. The van der Waals surface area contributed by atoms with Gasteiger partial charge < -0.3 is 13.5 Å². The third-order valence-corrected chi connectivity index (χ3v) is 12.9. The number of furan rings is 1. The van der Waals surface area contributed by atoms with Gasteiger partial charge in [-0.05, 0) is 77.9 Å². The molecular weight excluding hydrogens is 748 g/mol. The molecule has 11 heteroatoms. The Bertz CT molecular complexity index is 3220. The molecular formula is C43H24F3NO4S3. The number of benzene rings is 7. The van der Waals surface area contributed by atoms with Crippen molar-refractivity contribution in [2.24, 2.45) is 0 Å². The summed E-state index contributed by atoms with van der Waals surface area (Å²) < 4.78 is 81.3. The van der Waals surface area contributed by atoms with Crippen LogP contribution >= 0.6 is 22.7 Å². The monoisotopic (exact) mass is 771 g/mol. The van der Waals surface area contributed by atoms with Crippen LogP contribution in [0, 0.1) is 0 Å². The van der Waals surface area contributed by atoms with E-state index in [0.29, 0.717) is 28.0 Å². The van der Waals surface area contributed by atoms with Gasteiger partial charge in [-0.15, -0.1) is 22.7 Å². The lowest BCUT2D eigenvalue weighted by Gasteiger charge is -2.26. The third-order valence-electron chi connectivity index (χ3n) is 9.60. The molecule has 0 saturated heterocycles. The van der Waals surface area contributed by atoms with Gasteiger partial charge in [-0.1, -0.05) is 72.8 Å². The van der Waals surface area contributed by atoms with E-state index in [-0.39, 0.29) is 0 Å². The lowest BCUT2D eigenvalue weighted by atomic mass is 9.98. The fraction of sp³-hybridized carbons (Fsp3) is 0.0233. The molecule has 10 rings (SSSR count). The van der Waals surface area contributed by atoms with Crippen LogP contribution in [0.1, 0.15) is 0 Å². The molecule has 0 saturated carbocycles. The Morgan fingerprint density at radius 3 is 2.13 bits per heavy atom. The van der Waals surface area contributed by atoms with Crippen LogP contribution in [0.25, 0.3) is 73.4 Å². The molecule has 3 heterocycles. The fourth-order valence-corrected chi connectivity index (χ4v) is 10.0. The second-order valence-corrected chi connectivity index (χ2v) is 16.5. The van der Waals surface area contributed by atoms with Crippen molar-refractivity contribution in [3.8, 4) is 16.9 Å². The van der Waals surface area contributed by atoms with Gasteiger partial charge in [0.1, 0.15) is 16.9 Å². The first-order valence-electron chi connectivity index (χ1n) is 16.8. The number of halogens is 3. The van der Waals surface area contributed by atoms with E-state index in [4.69, 9.17) is 8.60 Å². The van der Waals surface area contributed by atoms with Crippen LogP contribution in [0.4, 0.5) is 30.2 Å². The van der Waals surface area contributed by atoms with Crippen LogP contribution in [0.3, 0.4) is 0 Å². The summed E-state index contributed by atoms with van der Waals surface area (Å²) in [7, 11) is -5.99. The normalized spacial score (nSPS) is 12.5. The largest absolute Gasteiger partial charge is 0.534 e. The number of rotatable bonds is 6. The lowest BCUT2D eigenvalue weighted by Crippen LogP contribution is -2.28. The molecule has 0 bridgehead atoms. The molecule has 3 aromatic heterocycles. The zero-order valence-electron chi connectivity index (χ0n) is 27.8. The van der Waals surface area contributed by atoms with E-state index in [0.717, 1.165) is 57.7 Å². The number of anilines is 3. The molecule has 0 amide bonds. The molecule has 0 aliphatic heterocycles. The van der Waals surface area contributed by atoms with E-state index >= 15 is 0 Å². The number of thiophene rings is 2. The number of hydrogen-bond donors (Lipinski definition) is 0. The van der Waals surface area contributed by atoms with Crippen molar-refractivity contribution in [1.82, 2.24) is 0 Å². The molecule has 10 aromatic rings. The Hall–Kier alpha value is -5.88. The molecule has 0 unspecified atom stereocenters. The first-order chi connectivity index (χ1) is 26.1. The molecule has 5 nitrogen and oxygen atoms in total. The summed E-state index contributed by atoms with van der Waals surface area (Å²) >= 11 is 3.19. The van der Waals surface area contributed by atoms with Crippen LogP contribution in [0.2, 0.25) is 0 Å². The molecule has 7 aromatic carbocycles. The Kier molecular flexibility index (Phi) is 7.32. The van der Waals surface area contributed by atoms with E-state index < -0.39 is 21.4 Å². The lowest BCUT2D eigenvalue weighted by molar-refractivity contribution is -0.0500. The van der Waals surface area contributed by atoms with Crippen LogP contribution in [0.5, 0.6) is 5.75 Å². The van der Waals surface area contributed by atoms with Gasteiger partial charge in [0.15, 0.2) is 0 Å². The van der Waals surface area contributed by atoms with Crippen LogP contribution in [-0.4, -0.2) is 13.9 Å². The van der Waals surface area contributed by atoms with Crippen molar-refractivity contribution in [3.63, 3.8) is 0 Å². The summed E-state index contributed by atoms with van der Waals surface area (Å²) in [5.41, 5.74) is -0.448. The summed E-state index contributed by atoms with van der Waals surface area (Å²) in [5.74, 6) is -0.457. The highest BCUT2D eigenvalue weighted by molar-refractivity contribution is 7.88. The molecule has 0 fully saturated rings. The predicted octanol–water partition coefficient (Wildman–Crippen LogP) is 13.7. The smallest absolute Gasteiger partial charge is 0.456 e. The minimum atomic E-state index is -5.99. The van der Waals surface area contributed by atoms with Crippen molar-refractivity contribution in [2.45, 2.75) is 5.51 Å². The van der Waals surface area contributed by atoms with Crippen molar-refractivity contribution in [3.05, 3.63) is 146 Å². The summed E-state index contributed by atoms with van der Waals surface area (Å²) in [4.78, 5) is 1.91. The van der Waals surface area contributed by atoms with Crippen LogP contribution < -0.4 is 9.08 Å². The first kappa shape index (κ1) is 32.7. The topological polar surface area (TPSA) is 59.8 Å². The summed E-state index contributed by atoms with van der Waals surface area (Å²) in [6, 6.07) is 46.0. The quantitative estimate of drug-likeness (QED) is 0.124. The fourth-order valence-electron chi connectivity index (χ4n) is 7.26. The van der Waals surface area contributed by atoms with Crippen molar-refractivity contribution >= 4 is 112 Å². The maximum absolute atomic E-state index is 13.8. The molecule has 0 spiro atoms. The number of nitrogens with zero attached hydrogens (tertiary/aromatic N) is 1. The summed E-state index contributed by atoms with van der Waals surface area (Å²) in [6.45, 7) is 0. The maximum atomic E-state index is 13.8. The third kappa shape index (κ3) is 5.22. The zero-order chi connectivity index (χ0) is 36.8. The minimum Gasteiger partial charge on any atom is -0.456 e. The number of para-hydroxylation sites is 2. The van der Waals surface area contributed by atoms with Gasteiger partial charge in [0.2, 0.25) is 0 Å². The van der Waals surface area contributed by atoms with E-state index in [2.05, 4.69) is 30.3 Å². The highest BCUT2D eigenvalue weighted by atomic mass is 32.2. The van der Waals surface area contributed by atoms with Crippen molar-refractivity contribution in [1.29, 1.82) is 0 Å². The number of fused-ring (bicyclic) bond motifs is 9. The van der Waals surface area contributed by atoms with Gasteiger partial charge in [0.25, 0.3) is 0 Å². The SMILES string of the molecule is O=S(=O)(Oc1cc(N(c2ccccc2)c2ccc3oc4ccccc4c3c2)c2sc3ccc(-c4cccc5sc6ccccc6c45)cc3c2c1)C(F)(F)F. The van der Waals surface area contributed by atoms with Crippen molar-refractivity contribution < 1.29 is 30.2 Å². The zero-order valence-corrected chi connectivity index (χ0v) is 30.2. The van der Waals surface area contributed by atoms with E-state index in [1.807, 2.05) is 108 Å². The van der Waals surface area contributed by atoms with Crippen LogP contribution in [-0.2, 0) is 10.1 Å². The minimum absolute atomic E-state index is 0.451. The Morgan fingerprint density at radius 2 is 1.30 bits per heavy atom. The Morgan fingerprint density at radius 1 is 0.574 bits per heavy atom. The number of alkyl halides is 3. The first-order valence-corrected chi connectivity index (χ1v) is 19.9. The van der Waals surface area contributed by atoms with E-state index in [9.17, 15) is 21.6 Å². The van der Waals surface area contributed by atoms with Gasteiger partial charge in [-0.3, -0.25) is 0 Å². The second-order valence-electron chi connectivity index (χ2n) is 12.8. The van der Waals surface area contributed by atoms with Crippen molar-refractivity contribution in [2.75, 3.05) is 4.90 Å². The van der Waals surface area contributed by atoms with E-state index in [1.165, 1.54) is 28.2 Å². The highest BCUT2D eigenvalue weighted by Crippen LogP contribution is 2.49. The highest BCUT2D eigenvalue weighted by Gasteiger charge is 2.48. The van der Waals surface area contributed by atoms with Crippen LogP contribution in [0.15, 0.2) is 150 Å². The second kappa shape index (κ2) is 12.1. The standard InChI is InChI=1S/C43H24F3NO4S3/c44-43(45,46)54(48,49)51-28-23-34-33-21-25(29-13-8-16-40-41(29)31-12-5-7-15-38(31)52-40)17-20-39(33)53-42(34)35(24-28)47(26-9-2-1-3-10-26)27-18-19-37-32(22-27)30-11-4-6-14-36(30)50-37/h1-24H. The molecule has 0 radical (unpaired) electrons. The maximum Gasteiger partial charge on any atom is 0.534 e. The van der Waals surface area contributed by atoms with Gasteiger partial charge in [-0.25, -0.2) is 0 Å². The predicted molar refractivity (Wildman–Crippen MR) is 215 cm³/mol. The summed E-state index contributed by atoms with van der Waals surface area (Å²) in [5, 5.41) is 5.33.